The van der Waals surface area contributed by atoms with Gasteiger partial charge in [-0.15, -0.1) is 0 Å². The van der Waals surface area contributed by atoms with E-state index in [-0.39, 0.29) is 18.2 Å². The van der Waals surface area contributed by atoms with Crippen molar-refractivity contribution in [2.45, 2.75) is 25.3 Å². The van der Waals surface area contributed by atoms with Crippen molar-refractivity contribution in [3.63, 3.8) is 0 Å². The van der Waals surface area contributed by atoms with Crippen molar-refractivity contribution in [2.75, 3.05) is 18.6 Å². The quantitative estimate of drug-likeness (QED) is 0.777. The van der Waals surface area contributed by atoms with Crippen LogP contribution >= 0.6 is 0 Å². The molecule has 0 bridgehead atoms. The molecule has 7 heteroatoms. The molecule has 0 saturated carbocycles. The largest absolute Gasteiger partial charge is 0.469 e. The monoisotopic (exact) mass is 384 g/mol. The lowest BCUT2D eigenvalue weighted by atomic mass is 10.0. The molecule has 1 aliphatic heterocycles. The molecule has 6 nitrogen and oxygen atoms in total. The van der Waals surface area contributed by atoms with Gasteiger partial charge < -0.3 is 15.0 Å². The van der Waals surface area contributed by atoms with Crippen LogP contribution in [0.1, 0.15) is 41.2 Å². The summed E-state index contributed by atoms with van der Waals surface area (Å²) in [7, 11) is 1.27. The summed E-state index contributed by atoms with van der Waals surface area (Å²) in [5, 5.41) is 2.79. The minimum absolute atomic E-state index is 0.0752. The van der Waals surface area contributed by atoms with Crippen molar-refractivity contribution < 1.29 is 23.5 Å². The number of amides is 2. The van der Waals surface area contributed by atoms with Crippen LogP contribution in [0, 0.1) is 5.82 Å². The van der Waals surface area contributed by atoms with Gasteiger partial charge in [-0.1, -0.05) is 12.1 Å². The normalized spacial score (nSPS) is 14.6. The minimum Gasteiger partial charge on any atom is -0.469 e. The van der Waals surface area contributed by atoms with E-state index < -0.39 is 17.8 Å². The first kappa shape index (κ1) is 19.5. The predicted molar refractivity (Wildman–Crippen MR) is 101 cm³/mol. The maximum atomic E-state index is 13.2. The first-order chi connectivity index (χ1) is 13.5. The molecule has 2 amide bonds. The molecule has 1 atom stereocenters. The van der Waals surface area contributed by atoms with Crippen LogP contribution in [0.15, 0.2) is 48.5 Å². The summed E-state index contributed by atoms with van der Waals surface area (Å²) in [5.41, 5.74) is 1.75. The van der Waals surface area contributed by atoms with Gasteiger partial charge in [0, 0.05) is 24.2 Å². The molecular weight excluding hydrogens is 363 g/mol. The van der Waals surface area contributed by atoms with Crippen LogP contribution in [0.25, 0.3) is 0 Å². The van der Waals surface area contributed by atoms with Gasteiger partial charge in [-0.3, -0.25) is 14.4 Å². The van der Waals surface area contributed by atoms with E-state index in [1.54, 1.807) is 29.2 Å². The van der Waals surface area contributed by atoms with Gasteiger partial charge in [0.05, 0.1) is 19.6 Å². The van der Waals surface area contributed by atoms with Crippen molar-refractivity contribution in [1.29, 1.82) is 0 Å². The Labute approximate surface area is 162 Å². The lowest BCUT2D eigenvalue weighted by Crippen LogP contribution is -2.30. The molecule has 1 N–H and O–H groups in total. The smallest absolute Gasteiger partial charge is 0.307 e. The number of carbonyl (C=O) groups excluding carboxylic acids is 3. The van der Waals surface area contributed by atoms with Gasteiger partial charge in [0.2, 0.25) is 5.91 Å². The van der Waals surface area contributed by atoms with E-state index in [0.29, 0.717) is 24.1 Å². The lowest BCUT2D eigenvalue weighted by molar-refractivity contribution is -0.141. The van der Waals surface area contributed by atoms with E-state index in [0.717, 1.165) is 12.1 Å². The number of benzene rings is 2. The lowest BCUT2D eigenvalue weighted by Gasteiger charge is -2.19. The first-order valence-electron chi connectivity index (χ1n) is 9.01. The molecule has 0 radical (unpaired) electrons. The highest BCUT2D eigenvalue weighted by Crippen LogP contribution is 2.23. The summed E-state index contributed by atoms with van der Waals surface area (Å²) in [6, 6.07) is 11.7. The number of nitrogens with one attached hydrogen (secondary N) is 1. The van der Waals surface area contributed by atoms with Gasteiger partial charge in [0.25, 0.3) is 5.91 Å². The Balaban J connectivity index is 1.74. The zero-order valence-electron chi connectivity index (χ0n) is 15.5. The number of rotatable bonds is 6. The summed E-state index contributed by atoms with van der Waals surface area (Å²) in [6.45, 7) is 0.677. The SMILES string of the molecule is COC(=O)C[C@@H](NC(=O)c1ccc(N2CCCC2=O)cc1)c1ccc(F)cc1. The van der Waals surface area contributed by atoms with Gasteiger partial charge in [0.15, 0.2) is 0 Å². The number of halogens is 1. The summed E-state index contributed by atoms with van der Waals surface area (Å²) < 4.78 is 17.9. The minimum atomic E-state index is -0.652. The highest BCUT2D eigenvalue weighted by molar-refractivity contribution is 5.97. The molecule has 1 aliphatic rings. The van der Waals surface area contributed by atoms with Crippen molar-refractivity contribution in [3.8, 4) is 0 Å². The number of methoxy groups -OCH3 is 1. The fourth-order valence-electron chi connectivity index (χ4n) is 3.15. The Morgan fingerprint density at radius 2 is 1.82 bits per heavy atom. The molecule has 2 aromatic carbocycles. The number of hydrogen-bond donors (Lipinski definition) is 1. The predicted octanol–water partition coefficient (Wildman–Crippen LogP) is 2.99. The zero-order chi connectivity index (χ0) is 20.1. The molecule has 0 spiro atoms. The Morgan fingerprint density at radius 3 is 2.39 bits per heavy atom. The van der Waals surface area contributed by atoms with Gasteiger partial charge in [0.1, 0.15) is 5.82 Å². The molecule has 0 unspecified atom stereocenters. The van der Waals surface area contributed by atoms with E-state index >= 15 is 0 Å². The number of carbonyl (C=O) groups is 3. The van der Waals surface area contributed by atoms with Crippen LogP contribution in [0.4, 0.5) is 10.1 Å². The second-order valence-corrected chi connectivity index (χ2v) is 6.55. The van der Waals surface area contributed by atoms with E-state index in [4.69, 9.17) is 4.74 Å². The van der Waals surface area contributed by atoms with Crippen molar-refractivity contribution >= 4 is 23.5 Å². The first-order valence-corrected chi connectivity index (χ1v) is 9.01. The summed E-state index contributed by atoms with van der Waals surface area (Å²) in [6.07, 6.45) is 1.29. The van der Waals surface area contributed by atoms with E-state index in [1.165, 1.54) is 31.4 Å². The van der Waals surface area contributed by atoms with E-state index in [9.17, 15) is 18.8 Å². The molecule has 3 rings (SSSR count). The summed E-state index contributed by atoms with van der Waals surface area (Å²) >= 11 is 0. The molecular formula is C21H21FN2O4. The van der Waals surface area contributed by atoms with Crippen molar-refractivity contribution in [3.05, 3.63) is 65.5 Å². The third-order valence-corrected chi connectivity index (χ3v) is 4.69. The van der Waals surface area contributed by atoms with Crippen LogP contribution in [0.3, 0.4) is 0 Å². The molecule has 1 saturated heterocycles. The summed E-state index contributed by atoms with van der Waals surface area (Å²) in [4.78, 5) is 37.9. The molecule has 0 aromatic heterocycles. The van der Waals surface area contributed by atoms with Crippen molar-refractivity contribution in [1.82, 2.24) is 5.32 Å². The van der Waals surface area contributed by atoms with Crippen LogP contribution in [0.5, 0.6) is 0 Å². The number of hydrogen-bond acceptors (Lipinski definition) is 4. The Hall–Kier alpha value is -3.22. The maximum absolute atomic E-state index is 13.2. The molecule has 2 aromatic rings. The maximum Gasteiger partial charge on any atom is 0.307 e. The Kier molecular flexibility index (Phi) is 6.03. The molecule has 28 heavy (non-hydrogen) atoms. The number of anilines is 1. The van der Waals surface area contributed by atoms with Gasteiger partial charge in [-0.25, -0.2) is 4.39 Å². The highest BCUT2D eigenvalue weighted by atomic mass is 19.1. The van der Waals surface area contributed by atoms with Gasteiger partial charge in [-0.05, 0) is 48.4 Å². The fourth-order valence-corrected chi connectivity index (χ4v) is 3.15. The topological polar surface area (TPSA) is 75.7 Å². The molecule has 146 valence electrons. The standard InChI is InChI=1S/C21H21FN2O4/c1-28-20(26)13-18(14-4-8-16(22)9-5-14)23-21(27)15-6-10-17(11-7-15)24-12-2-3-19(24)25/h4-11,18H,2-3,12-13H2,1H3,(H,23,27)/t18-/m1/s1. The second-order valence-electron chi connectivity index (χ2n) is 6.55. The van der Waals surface area contributed by atoms with Crippen LogP contribution in [-0.4, -0.2) is 31.4 Å². The third kappa shape index (κ3) is 4.54. The average Bonchev–Trinajstić information content (AvgIpc) is 3.14. The second kappa shape index (κ2) is 8.65. The Bertz CT molecular complexity index is 865. The number of nitrogens with zero attached hydrogens (tertiary/aromatic N) is 1. The molecule has 0 aliphatic carbocycles. The average molecular weight is 384 g/mol. The number of ether oxygens (including phenoxy) is 1. The van der Waals surface area contributed by atoms with E-state index in [1.807, 2.05) is 0 Å². The molecule has 1 fully saturated rings. The van der Waals surface area contributed by atoms with E-state index in [2.05, 4.69) is 5.32 Å². The number of esters is 1. The van der Waals surface area contributed by atoms with Crippen molar-refractivity contribution in [2.24, 2.45) is 0 Å². The van der Waals surface area contributed by atoms with Crippen LogP contribution in [0.2, 0.25) is 0 Å². The van der Waals surface area contributed by atoms with Gasteiger partial charge >= 0.3 is 5.97 Å². The Morgan fingerprint density at radius 1 is 1.14 bits per heavy atom. The summed E-state index contributed by atoms with van der Waals surface area (Å²) in [5.74, 6) is -1.19. The zero-order valence-corrected chi connectivity index (χ0v) is 15.5. The third-order valence-electron chi connectivity index (χ3n) is 4.69. The van der Waals surface area contributed by atoms with Crippen LogP contribution < -0.4 is 10.2 Å². The molecule has 1 heterocycles. The van der Waals surface area contributed by atoms with Crippen LogP contribution in [-0.2, 0) is 14.3 Å². The van der Waals surface area contributed by atoms with Gasteiger partial charge in [-0.2, -0.15) is 0 Å². The highest BCUT2D eigenvalue weighted by Gasteiger charge is 2.23. The fraction of sp³-hybridized carbons (Fsp3) is 0.286.